The van der Waals surface area contributed by atoms with E-state index < -0.39 is 10.0 Å². The van der Waals surface area contributed by atoms with Gasteiger partial charge in [0.25, 0.3) is 0 Å². The van der Waals surface area contributed by atoms with Crippen LogP contribution in [0.4, 0.5) is 5.69 Å². The van der Waals surface area contributed by atoms with Gasteiger partial charge in [0.15, 0.2) is 0 Å². The van der Waals surface area contributed by atoms with Crippen LogP contribution < -0.4 is 10.5 Å². The van der Waals surface area contributed by atoms with Gasteiger partial charge in [-0.05, 0) is 25.0 Å². The highest BCUT2D eigenvalue weighted by Gasteiger charge is 2.42. The van der Waals surface area contributed by atoms with E-state index in [2.05, 4.69) is 4.72 Å². The lowest BCUT2D eigenvalue weighted by Gasteiger charge is -2.13. The van der Waals surface area contributed by atoms with Crippen molar-refractivity contribution >= 4 is 27.5 Å². The van der Waals surface area contributed by atoms with Gasteiger partial charge in [0, 0.05) is 34.9 Å². The second-order valence-corrected chi connectivity index (χ2v) is 8.25. The van der Waals surface area contributed by atoms with Crippen LogP contribution in [0, 0.1) is 5.41 Å². The Hall–Kier alpha value is -0.760. The van der Waals surface area contributed by atoms with E-state index >= 15 is 0 Å². The first-order chi connectivity index (χ1) is 9.46. The van der Waals surface area contributed by atoms with Crippen molar-refractivity contribution in [2.75, 3.05) is 30.4 Å². The van der Waals surface area contributed by atoms with Crippen LogP contribution in [0.2, 0.25) is 0 Å². The molecule has 0 unspecified atom stereocenters. The van der Waals surface area contributed by atoms with E-state index in [1.165, 1.54) is 11.8 Å². The summed E-state index contributed by atoms with van der Waals surface area (Å²) in [5.74, 6) is 0.503. The zero-order valence-electron chi connectivity index (χ0n) is 11.2. The molecule has 5 nitrogen and oxygen atoms in total. The van der Waals surface area contributed by atoms with Crippen molar-refractivity contribution < 1.29 is 13.5 Å². The van der Waals surface area contributed by atoms with Crippen molar-refractivity contribution in [2.45, 2.75) is 17.7 Å². The van der Waals surface area contributed by atoms with Crippen LogP contribution >= 0.6 is 11.8 Å². The van der Waals surface area contributed by atoms with Crippen LogP contribution in [0.25, 0.3) is 0 Å². The summed E-state index contributed by atoms with van der Waals surface area (Å²) in [5, 5.41) is 9.16. The number of nitrogens with one attached hydrogen (secondary N) is 1. The van der Waals surface area contributed by atoms with Crippen molar-refractivity contribution in [2.24, 2.45) is 5.41 Å². The molecule has 0 aliphatic heterocycles. The molecule has 0 aromatic heterocycles. The van der Waals surface area contributed by atoms with Crippen LogP contribution in [-0.4, -0.2) is 38.2 Å². The van der Waals surface area contributed by atoms with Crippen LogP contribution in [0.1, 0.15) is 12.8 Å². The number of para-hydroxylation sites is 1. The molecular weight excluding hydrogens is 296 g/mol. The Morgan fingerprint density at radius 2 is 2.05 bits per heavy atom. The maximum atomic E-state index is 11.9. The molecule has 1 aliphatic carbocycles. The van der Waals surface area contributed by atoms with Gasteiger partial charge in [-0.1, -0.05) is 12.1 Å². The lowest BCUT2D eigenvalue weighted by atomic mass is 10.1. The summed E-state index contributed by atoms with van der Waals surface area (Å²) in [5.41, 5.74) is 6.26. The largest absolute Gasteiger partial charge is 0.398 e. The third kappa shape index (κ3) is 4.37. The average Bonchev–Trinajstić information content (AvgIpc) is 3.20. The highest BCUT2D eigenvalue weighted by molar-refractivity contribution is 8.00. The second-order valence-electron chi connectivity index (χ2n) is 5.18. The van der Waals surface area contributed by atoms with Crippen molar-refractivity contribution in [3.05, 3.63) is 24.3 Å². The summed E-state index contributed by atoms with van der Waals surface area (Å²) in [4.78, 5) is 0.900. The lowest BCUT2D eigenvalue weighted by Crippen LogP contribution is -2.34. The minimum atomic E-state index is -3.29. The van der Waals surface area contributed by atoms with Crippen LogP contribution in [0.15, 0.2) is 29.2 Å². The maximum Gasteiger partial charge on any atom is 0.212 e. The predicted octanol–water partition coefficient (Wildman–Crippen LogP) is 1.05. The second kappa shape index (κ2) is 6.34. The molecule has 7 heteroatoms. The van der Waals surface area contributed by atoms with Crippen LogP contribution in [0.5, 0.6) is 0 Å². The number of rotatable bonds is 8. The first-order valence-electron chi connectivity index (χ1n) is 6.52. The van der Waals surface area contributed by atoms with E-state index in [1.807, 2.05) is 18.2 Å². The molecule has 1 fully saturated rings. The van der Waals surface area contributed by atoms with Crippen LogP contribution in [0.3, 0.4) is 0 Å². The van der Waals surface area contributed by atoms with Gasteiger partial charge in [0.05, 0.1) is 5.75 Å². The number of hydrogen-bond donors (Lipinski definition) is 3. The van der Waals surface area contributed by atoms with Gasteiger partial charge < -0.3 is 10.8 Å². The lowest BCUT2D eigenvalue weighted by molar-refractivity contribution is 0.213. The molecule has 0 atom stereocenters. The summed E-state index contributed by atoms with van der Waals surface area (Å²) in [7, 11) is -3.29. The summed E-state index contributed by atoms with van der Waals surface area (Å²) in [6.45, 7) is 0.384. The van der Waals surface area contributed by atoms with Gasteiger partial charge in [-0.2, -0.15) is 0 Å². The summed E-state index contributed by atoms with van der Waals surface area (Å²) >= 11 is 1.44. The zero-order chi connectivity index (χ0) is 14.6. The Morgan fingerprint density at radius 1 is 1.35 bits per heavy atom. The SMILES string of the molecule is Nc1ccccc1SCCS(=O)(=O)NCC1(CO)CC1. The van der Waals surface area contributed by atoms with E-state index in [0.29, 0.717) is 18.0 Å². The third-order valence-corrected chi connectivity index (χ3v) is 6.16. The standard InChI is InChI=1S/C13H20N2O3S2/c14-11-3-1-2-4-12(11)19-7-8-20(17,18)15-9-13(10-16)5-6-13/h1-4,15-16H,5-10,14H2. The topological polar surface area (TPSA) is 92.4 Å². The fourth-order valence-electron chi connectivity index (χ4n) is 1.78. The number of nitrogen functional groups attached to an aromatic ring is 1. The Bertz CT molecular complexity index is 556. The molecule has 1 aromatic rings. The van der Waals surface area contributed by atoms with Crippen molar-refractivity contribution in [1.29, 1.82) is 0 Å². The molecule has 2 rings (SSSR count). The van der Waals surface area contributed by atoms with E-state index in [9.17, 15) is 8.42 Å². The molecule has 0 bridgehead atoms. The monoisotopic (exact) mass is 316 g/mol. The van der Waals surface area contributed by atoms with Crippen LogP contribution in [-0.2, 0) is 10.0 Å². The highest BCUT2D eigenvalue weighted by atomic mass is 32.2. The molecule has 20 heavy (non-hydrogen) atoms. The number of hydrogen-bond acceptors (Lipinski definition) is 5. The molecule has 0 saturated heterocycles. The maximum absolute atomic E-state index is 11.9. The Balaban J connectivity index is 1.76. The number of aliphatic hydroxyl groups is 1. The molecule has 0 radical (unpaired) electrons. The Labute approximate surface area is 124 Å². The van der Waals surface area contributed by atoms with Gasteiger partial charge in [-0.3, -0.25) is 0 Å². The Morgan fingerprint density at radius 3 is 2.65 bits per heavy atom. The minimum absolute atomic E-state index is 0.0464. The normalized spacial score (nSPS) is 17.1. The van der Waals surface area contributed by atoms with Gasteiger partial charge in [0.2, 0.25) is 10.0 Å². The van der Waals surface area contributed by atoms with Gasteiger partial charge in [0.1, 0.15) is 0 Å². The molecule has 4 N–H and O–H groups in total. The number of anilines is 1. The van der Waals surface area contributed by atoms with E-state index in [0.717, 1.165) is 17.7 Å². The summed E-state index contributed by atoms with van der Waals surface area (Å²) in [6.07, 6.45) is 1.78. The zero-order valence-corrected chi connectivity index (χ0v) is 12.8. The molecular formula is C13H20N2O3S2. The number of nitrogens with two attached hydrogens (primary N) is 1. The molecule has 1 aromatic carbocycles. The third-order valence-electron chi connectivity index (χ3n) is 3.49. The van der Waals surface area contributed by atoms with Gasteiger partial charge in [-0.25, -0.2) is 13.1 Å². The number of benzene rings is 1. The Kier molecular flexibility index (Phi) is 4.95. The molecule has 1 aliphatic rings. The quantitative estimate of drug-likeness (QED) is 0.492. The first-order valence-corrected chi connectivity index (χ1v) is 9.16. The van der Waals surface area contributed by atoms with E-state index in [1.54, 1.807) is 6.07 Å². The summed E-state index contributed by atoms with van der Waals surface area (Å²) < 4.78 is 26.3. The molecule has 1 saturated carbocycles. The fourth-order valence-corrected chi connectivity index (χ4v) is 4.29. The van der Waals surface area contributed by atoms with Crippen molar-refractivity contribution in [1.82, 2.24) is 4.72 Å². The number of aliphatic hydroxyl groups excluding tert-OH is 1. The minimum Gasteiger partial charge on any atom is -0.398 e. The fraction of sp³-hybridized carbons (Fsp3) is 0.538. The van der Waals surface area contributed by atoms with Crippen molar-refractivity contribution in [3.8, 4) is 0 Å². The smallest absolute Gasteiger partial charge is 0.212 e. The van der Waals surface area contributed by atoms with Gasteiger partial charge >= 0.3 is 0 Å². The average molecular weight is 316 g/mol. The predicted molar refractivity (Wildman–Crippen MR) is 82.1 cm³/mol. The van der Waals surface area contributed by atoms with E-state index in [-0.39, 0.29) is 17.8 Å². The molecule has 0 heterocycles. The van der Waals surface area contributed by atoms with Gasteiger partial charge in [-0.15, -0.1) is 11.8 Å². The van der Waals surface area contributed by atoms with E-state index in [4.69, 9.17) is 10.8 Å². The molecule has 0 amide bonds. The first kappa shape index (κ1) is 15.6. The highest BCUT2D eigenvalue weighted by Crippen LogP contribution is 2.44. The molecule has 112 valence electrons. The summed E-state index contributed by atoms with van der Waals surface area (Å²) in [6, 6.07) is 7.41. The molecule has 0 spiro atoms. The number of thioether (sulfide) groups is 1. The number of sulfonamides is 1. The van der Waals surface area contributed by atoms with Crippen molar-refractivity contribution in [3.63, 3.8) is 0 Å².